The Hall–Kier alpha value is -2.46. The lowest BCUT2D eigenvalue weighted by Gasteiger charge is -2.07. The first-order valence-electron chi connectivity index (χ1n) is 8.23. The SMILES string of the molecule is CCOC(=O)c1sc(NS(=O)(=O)c2ccc(CCNC(C)=O)cc2)nc1C. The Bertz CT molecular complexity index is 921. The summed E-state index contributed by atoms with van der Waals surface area (Å²) in [4.78, 5) is 27.1. The highest BCUT2D eigenvalue weighted by atomic mass is 32.2. The van der Waals surface area contributed by atoms with Crippen LogP contribution in [0.4, 0.5) is 5.13 Å². The molecule has 0 radical (unpaired) electrons. The van der Waals surface area contributed by atoms with Gasteiger partial charge in [-0.3, -0.25) is 9.52 Å². The van der Waals surface area contributed by atoms with Crippen molar-refractivity contribution < 1.29 is 22.7 Å². The third kappa shape index (κ3) is 5.76. The predicted molar refractivity (Wildman–Crippen MR) is 102 cm³/mol. The van der Waals surface area contributed by atoms with Gasteiger partial charge in [0, 0.05) is 13.5 Å². The van der Waals surface area contributed by atoms with Crippen LogP contribution in [0.1, 0.15) is 34.8 Å². The van der Waals surface area contributed by atoms with Crippen molar-refractivity contribution in [1.29, 1.82) is 0 Å². The van der Waals surface area contributed by atoms with E-state index in [-0.39, 0.29) is 27.4 Å². The summed E-state index contributed by atoms with van der Waals surface area (Å²) in [5, 5.41) is 2.79. The molecule has 0 saturated heterocycles. The van der Waals surface area contributed by atoms with Gasteiger partial charge in [0.05, 0.1) is 17.2 Å². The largest absolute Gasteiger partial charge is 0.462 e. The van der Waals surface area contributed by atoms with Crippen LogP contribution in [0.2, 0.25) is 0 Å². The van der Waals surface area contributed by atoms with E-state index in [1.807, 2.05) is 0 Å². The van der Waals surface area contributed by atoms with Gasteiger partial charge in [0.15, 0.2) is 5.13 Å². The molecule has 27 heavy (non-hydrogen) atoms. The number of hydrogen-bond donors (Lipinski definition) is 2. The molecule has 2 rings (SSSR count). The van der Waals surface area contributed by atoms with Gasteiger partial charge >= 0.3 is 5.97 Å². The number of ether oxygens (including phenoxy) is 1. The molecule has 10 heteroatoms. The van der Waals surface area contributed by atoms with Gasteiger partial charge in [0.2, 0.25) is 5.91 Å². The second kappa shape index (κ2) is 8.96. The van der Waals surface area contributed by atoms with E-state index in [9.17, 15) is 18.0 Å². The monoisotopic (exact) mass is 411 g/mol. The van der Waals surface area contributed by atoms with E-state index < -0.39 is 16.0 Å². The van der Waals surface area contributed by atoms with E-state index >= 15 is 0 Å². The topological polar surface area (TPSA) is 114 Å². The van der Waals surface area contributed by atoms with Gasteiger partial charge in [-0.05, 0) is 38.0 Å². The minimum atomic E-state index is -3.83. The smallest absolute Gasteiger partial charge is 0.350 e. The number of carbonyl (C=O) groups excluding carboxylic acids is 2. The summed E-state index contributed by atoms with van der Waals surface area (Å²) in [6, 6.07) is 6.34. The lowest BCUT2D eigenvalue weighted by molar-refractivity contribution is -0.118. The van der Waals surface area contributed by atoms with Gasteiger partial charge in [-0.15, -0.1) is 0 Å². The predicted octanol–water partition coefficient (Wildman–Crippen LogP) is 2.11. The maximum absolute atomic E-state index is 12.5. The molecule has 1 amide bonds. The zero-order valence-electron chi connectivity index (χ0n) is 15.2. The molecule has 0 aliphatic rings. The molecule has 0 aliphatic carbocycles. The number of sulfonamides is 1. The third-order valence-electron chi connectivity index (χ3n) is 3.50. The number of rotatable bonds is 8. The average molecular weight is 412 g/mol. The number of amides is 1. The van der Waals surface area contributed by atoms with E-state index in [0.717, 1.165) is 16.9 Å². The van der Waals surface area contributed by atoms with Crippen molar-refractivity contribution in [3.63, 3.8) is 0 Å². The summed E-state index contributed by atoms with van der Waals surface area (Å²) in [7, 11) is -3.83. The third-order valence-corrected chi connectivity index (χ3v) is 6.04. The summed E-state index contributed by atoms with van der Waals surface area (Å²) in [5.74, 6) is -0.638. The Morgan fingerprint density at radius 1 is 1.22 bits per heavy atom. The number of thiazole rings is 1. The van der Waals surface area contributed by atoms with Crippen molar-refractivity contribution in [3.05, 3.63) is 40.4 Å². The molecule has 0 atom stereocenters. The van der Waals surface area contributed by atoms with Crippen LogP contribution >= 0.6 is 11.3 Å². The number of nitrogens with one attached hydrogen (secondary N) is 2. The fourth-order valence-electron chi connectivity index (χ4n) is 2.22. The van der Waals surface area contributed by atoms with Crippen LogP contribution < -0.4 is 10.0 Å². The molecular formula is C17H21N3O5S2. The average Bonchev–Trinajstić information content (AvgIpc) is 2.95. The summed E-state index contributed by atoms with van der Waals surface area (Å²) < 4.78 is 32.3. The maximum atomic E-state index is 12.5. The highest BCUT2D eigenvalue weighted by Crippen LogP contribution is 2.26. The van der Waals surface area contributed by atoms with E-state index in [0.29, 0.717) is 18.7 Å². The molecule has 0 bridgehead atoms. The van der Waals surface area contributed by atoms with Crippen molar-refractivity contribution in [3.8, 4) is 0 Å². The second-order valence-corrected chi connectivity index (χ2v) is 8.32. The van der Waals surface area contributed by atoms with E-state index in [1.54, 1.807) is 26.0 Å². The number of aromatic nitrogens is 1. The number of anilines is 1. The molecule has 0 spiro atoms. The Kier molecular flexibility index (Phi) is 6.92. The number of esters is 1. The summed E-state index contributed by atoms with van der Waals surface area (Å²) in [6.45, 7) is 5.46. The number of carbonyl (C=O) groups is 2. The Morgan fingerprint density at radius 3 is 2.48 bits per heavy atom. The second-order valence-electron chi connectivity index (χ2n) is 5.64. The number of nitrogens with zero attached hydrogens (tertiary/aromatic N) is 1. The van der Waals surface area contributed by atoms with Crippen LogP contribution in [0.5, 0.6) is 0 Å². The standard InChI is InChI=1S/C17H21N3O5S2/c1-4-25-16(22)15-11(2)19-17(26-15)20-27(23,24)14-7-5-13(6-8-14)9-10-18-12(3)21/h5-8H,4,9-10H2,1-3H3,(H,18,21)(H,19,20). The van der Waals surface area contributed by atoms with E-state index in [1.165, 1.54) is 19.1 Å². The highest BCUT2D eigenvalue weighted by Gasteiger charge is 2.21. The molecule has 0 saturated carbocycles. The number of aryl methyl sites for hydroxylation is 1. The Balaban J connectivity index is 2.09. The van der Waals surface area contributed by atoms with Crippen molar-refractivity contribution in [2.45, 2.75) is 32.1 Å². The van der Waals surface area contributed by atoms with Gasteiger partial charge in [-0.25, -0.2) is 18.2 Å². The molecule has 0 unspecified atom stereocenters. The summed E-state index contributed by atoms with van der Waals surface area (Å²) in [6.07, 6.45) is 0.599. The molecule has 0 aliphatic heterocycles. The normalized spacial score (nSPS) is 11.1. The first-order valence-corrected chi connectivity index (χ1v) is 10.5. The van der Waals surface area contributed by atoms with Gasteiger partial charge in [0.1, 0.15) is 4.88 Å². The lowest BCUT2D eigenvalue weighted by Crippen LogP contribution is -2.22. The van der Waals surface area contributed by atoms with Crippen LogP contribution in [-0.2, 0) is 26.0 Å². The first kappa shape index (κ1) is 20.8. The number of benzene rings is 1. The Labute approximate surface area is 162 Å². The molecule has 1 aromatic carbocycles. The minimum absolute atomic E-state index is 0.0799. The van der Waals surface area contributed by atoms with Gasteiger partial charge in [-0.2, -0.15) is 0 Å². The molecule has 2 aromatic rings. The van der Waals surface area contributed by atoms with Crippen molar-refractivity contribution in [1.82, 2.24) is 10.3 Å². The molecule has 146 valence electrons. The maximum Gasteiger partial charge on any atom is 0.350 e. The van der Waals surface area contributed by atoms with Crippen LogP contribution in [0.3, 0.4) is 0 Å². The summed E-state index contributed by atoms with van der Waals surface area (Å²) in [5.41, 5.74) is 1.31. The summed E-state index contributed by atoms with van der Waals surface area (Å²) >= 11 is 0.930. The quantitative estimate of drug-likeness (QED) is 0.643. The molecule has 0 fully saturated rings. The fourth-order valence-corrected chi connectivity index (χ4v) is 4.31. The Morgan fingerprint density at radius 2 is 1.89 bits per heavy atom. The molecule has 2 N–H and O–H groups in total. The zero-order valence-corrected chi connectivity index (χ0v) is 16.9. The van der Waals surface area contributed by atoms with E-state index in [4.69, 9.17) is 4.74 Å². The van der Waals surface area contributed by atoms with Crippen LogP contribution in [0.15, 0.2) is 29.2 Å². The van der Waals surface area contributed by atoms with Crippen LogP contribution in [0, 0.1) is 6.92 Å². The molecule has 8 nitrogen and oxygen atoms in total. The van der Waals surface area contributed by atoms with Gasteiger partial charge in [-0.1, -0.05) is 23.5 Å². The van der Waals surface area contributed by atoms with Crippen molar-refractivity contribution >= 4 is 38.4 Å². The fraction of sp³-hybridized carbons (Fsp3) is 0.353. The minimum Gasteiger partial charge on any atom is -0.462 e. The van der Waals surface area contributed by atoms with Gasteiger partial charge in [0.25, 0.3) is 10.0 Å². The molecular weight excluding hydrogens is 390 g/mol. The highest BCUT2D eigenvalue weighted by molar-refractivity contribution is 7.93. The first-order chi connectivity index (χ1) is 12.7. The zero-order chi connectivity index (χ0) is 20.0. The molecule has 1 aromatic heterocycles. The van der Waals surface area contributed by atoms with Gasteiger partial charge < -0.3 is 10.1 Å². The van der Waals surface area contributed by atoms with Crippen LogP contribution in [-0.4, -0.2) is 38.4 Å². The van der Waals surface area contributed by atoms with Crippen LogP contribution in [0.25, 0.3) is 0 Å². The lowest BCUT2D eigenvalue weighted by atomic mass is 10.1. The van der Waals surface area contributed by atoms with E-state index in [2.05, 4.69) is 15.0 Å². The van der Waals surface area contributed by atoms with Crippen molar-refractivity contribution in [2.75, 3.05) is 17.9 Å². The molecule has 1 heterocycles. The number of hydrogen-bond acceptors (Lipinski definition) is 7. The van der Waals surface area contributed by atoms with Crippen molar-refractivity contribution in [2.24, 2.45) is 0 Å².